The fraction of sp³-hybridized carbons (Fsp3) is 0.158. The third-order valence-corrected chi connectivity index (χ3v) is 6.20. The number of nitrogens with one attached hydrogen (secondary N) is 1. The molecular weight excluding hydrogens is 414 g/mol. The molecule has 0 saturated heterocycles. The maximum atomic E-state index is 12.6. The second-order valence-electron chi connectivity index (χ2n) is 5.67. The topological polar surface area (TPSA) is 81.9 Å². The molecule has 0 fully saturated rings. The van der Waals surface area contributed by atoms with Crippen LogP contribution in [-0.4, -0.2) is 28.4 Å². The summed E-state index contributed by atoms with van der Waals surface area (Å²) in [5, 5.41) is 21.8. The molecular formula is C19H16ClN5OS2. The van der Waals surface area contributed by atoms with Gasteiger partial charge in [0.05, 0.1) is 11.8 Å². The van der Waals surface area contributed by atoms with Crippen molar-refractivity contribution in [1.82, 2.24) is 10.2 Å². The van der Waals surface area contributed by atoms with Crippen LogP contribution in [0.25, 0.3) is 0 Å². The minimum atomic E-state index is -0.159. The van der Waals surface area contributed by atoms with Crippen molar-refractivity contribution in [3.63, 3.8) is 0 Å². The molecule has 0 saturated carbocycles. The predicted molar refractivity (Wildman–Crippen MR) is 115 cm³/mol. The molecule has 3 aromatic rings. The Morgan fingerprint density at radius 1 is 1.25 bits per heavy atom. The quantitative estimate of drug-likeness (QED) is 0.425. The third-order valence-electron chi connectivity index (χ3n) is 3.83. The maximum Gasteiger partial charge on any atom is 0.238 e. The molecule has 28 heavy (non-hydrogen) atoms. The van der Waals surface area contributed by atoms with E-state index in [4.69, 9.17) is 16.9 Å². The van der Waals surface area contributed by atoms with Gasteiger partial charge in [0.1, 0.15) is 6.54 Å². The van der Waals surface area contributed by atoms with Gasteiger partial charge in [0.25, 0.3) is 0 Å². The van der Waals surface area contributed by atoms with Gasteiger partial charge in [-0.05, 0) is 36.8 Å². The van der Waals surface area contributed by atoms with E-state index < -0.39 is 0 Å². The number of para-hydroxylation sites is 1. The first kappa shape index (κ1) is 20.1. The van der Waals surface area contributed by atoms with Gasteiger partial charge in [-0.2, -0.15) is 5.26 Å². The second-order valence-corrected chi connectivity index (χ2v) is 8.28. The van der Waals surface area contributed by atoms with E-state index in [1.807, 2.05) is 49.4 Å². The number of rotatable bonds is 7. The monoisotopic (exact) mass is 429 g/mol. The number of benzene rings is 2. The van der Waals surface area contributed by atoms with E-state index in [2.05, 4.69) is 15.5 Å². The second kappa shape index (κ2) is 9.55. The van der Waals surface area contributed by atoms with Crippen LogP contribution in [0.1, 0.15) is 5.56 Å². The molecule has 3 rings (SSSR count). The zero-order valence-corrected chi connectivity index (χ0v) is 17.3. The first-order valence-corrected chi connectivity index (χ1v) is 10.5. The van der Waals surface area contributed by atoms with Crippen molar-refractivity contribution in [2.24, 2.45) is 0 Å². The minimum absolute atomic E-state index is 0.000372. The van der Waals surface area contributed by atoms with Crippen LogP contribution in [0.4, 0.5) is 16.5 Å². The number of thioether (sulfide) groups is 1. The number of hydrogen-bond acceptors (Lipinski definition) is 7. The highest BCUT2D eigenvalue weighted by Gasteiger charge is 2.17. The van der Waals surface area contributed by atoms with Crippen LogP contribution in [0.5, 0.6) is 0 Å². The number of nitrogens with zero attached hydrogens (tertiary/aromatic N) is 4. The van der Waals surface area contributed by atoms with Gasteiger partial charge in [0, 0.05) is 16.4 Å². The Morgan fingerprint density at radius 3 is 2.79 bits per heavy atom. The number of carbonyl (C=O) groups excluding carboxylic acids is 1. The van der Waals surface area contributed by atoms with E-state index in [-0.39, 0.29) is 18.2 Å². The number of hydrogen-bond donors (Lipinski definition) is 1. The van der Waals surface area contributed by atoms with E-state index >= 15 is 0 Å². The number of halogens is 1. The highest BCUT2D eigenvalue weighted by atomic mass is 35.5. The molecule has 1 heterocycles. The highest BCUT2D eigenvalue weighted by molar-refractivity contribution is 8.01. The smallest absolute Gasteiger partial charge is 0.238 e. The fourth-order valence-electron chi connectivity index (χ4n) is 2.38. The van der Waals surface area contributed by atoms with Crippen molar-refractivity contribution in [3.8, 4) is 6.07 Å². The first-order valence-electron chi connectivity index (χ1n) is 8.29. The van der Waals surface area contributed by atoms with Gasteiger partial charge in [-0.15, -0.1) is 10.2 Å². The number of anilines is 3. The van der Waals surface area contributed by atoms with Crippen LogP contribution < -0.4 is 10.2 Å². The van der Waals surface area contributed by atoms with Gasteiger partial charge in [-0.25, -0.2) is 0 Å². The zero-order chi connectivity index (χ0) is 19.9. The Hall–Kier alpha value is -2.60. The average molecular weight is 430 g/mol. The molecule has 0 bridgehead atoms. The lowest BCUT2D eigenvalue weighted by Crippen LogP contribution is -2.32. The van der Waals surface area contributed by atoms with E-state index in [1.165, 1.54) is 28.0 Å². The molecule has 6 nitrogen and oxygen atoms in total. The Bertz CT molecular complexity index is 1000. The largest absolute Gasteiger partial charge is 0.330 e. The number of amides is 1. The van der Waals surface area contributed by atoms with E-state index in [0.29, 0.717) is 20.2 Å². The summed E-state index contributed by atoms with van der Waals surface area (Å²) >= 11 is 8.78. The fourth-order valence-corrected chi connectivity index (χ4v) is 4.20. The van der Waals surface area contributed by atoms with Crippen molar-refractivity contribution in [1.29, 1.82) is 5.26 Å². The average Bonchev–Trinajstić information content (AvgIpc) is 3.16. The lowest BCUT2D eigenvalue weighted by molar-refractivity contribution is -0.116. The van der Waals surface area contributed by atoms with Crippen LogP contribution in [-0.2, 0) is 4.79 Å². The summed E-state index contributed by atoms with van der Waals surface area (Å²) in [7, 11) is 0. The van der Waals surface area contributed by atoms with E-state index in [1.54, 1.807) is 12.1 Å². The summed E-state index contributed by atoms with van der Waals surface area (Å²) in [6.07, 6.45) is 0. The van der Waals surface area contributed by atoms with Crippen molar-refractivity contribution in [3.05, 3.63) is 59.1 Å². The van der Waals surface area contributed by atoms with Crippen LogP contribution in [0.2, 0.25) is 5.02 Å². The summed E-state index contributed by atoms with van der Waals surface area (Å²) in [6, 6.07) is 16.8. The zero-order valence-electron chi connectivity index (χ0n) is 14.9. The van der Waals surface area contributed by atoms with Crippen molar-refractivity contribution >= 4 is 57.1 Å². The summed E-state index contributed by atoms with van der Waals surface area (Å²) in [6.45, 7) is 1.92. The van der Waals surface area contributed by atoms with E-state index in [9.17, 15) is 4.79 Å². The summed E-state index contributed by atoms with van der Waals surface area (Å²) in [5.41, 5.74) is 2.49. The molecule has 1 amide bonds. The van der Waals surface area contributed by atoms with Crippen LogP contribution in [0.3, 0.4) is 0 Å². The number of nitriles is 1. The minimum Gasteiger partial charge on any atom is -0.330 e. The van der Waals surface area contributed by atoms with Gasteiger partial charge in [-0.1, -0.05) is 59.0 Å². The molecule has 2 aromatic carbocycles. The van der Waals surface area contributed by atoms with Crippen molar-refractivity contribution < 1.29 is 4.79 Å². The Balaban J connectivity index is 1.62. The Kier molecular flexibility index (Phi) is 6.87. The molecule has 0 unspecified atom stereocenters. The standard InChI is InChI=1S/C19H16ClN5OS2/c1-13-15(20)8-5-9-16(13)22-18-23-24-19(28-18)27-12-17(26)25(11-10-21)14-6-3-2-4-7-14/h2-9H,11-12H2,1H3,(H,22,23). The SMILES string of the molecule is Cc1c(Cl)cccc1Nc1nnc(SCC(=O)N(CC#N)c2ccccc2)s1. The Morgan fingerprint density at radius 2 is 2.04 bits per heavy atom. The summed E-state index contributed by atoms with van der Waals surface area (Å²) in [5.74, 6) is 0.00893. The number of carbonyl (C=O) groups is 1. The van der Waals surface area contributed by atoms with Gasteiger partial charge < -0.3 is 5.32 Å². The van der Waals surface area contributed by atoms with Crippen LogP contribution in [0, 0.1) is 18.3 Å². The van der Waals surface area contributed by atoms with Crippen LogP contribution >= 0.6 is 34.7 Å². The molecule has 0 aliphatic heterocycles. The summed E-state index contributed by atoms with van der Waals surface area (Å²) in [4.78, 5) is 14.0. The molecule has 0 spiro atoms. The third kappa shape index (κ3) is 5.01. The molecule has 9 heteroatoms. The predicted octanol–water partition coefficient (Wildman–Crippen LogP) is 4.89. The van der Waals surface area contributed by atoms with Gasteiger partial charge >= 0.3 is 0 Å². The lowest BCUT2D eigenvalue weighted by Gasteiger charge is -2.19. The maximum absolute atomic E-state index is 12.6. The molecule has 0 radical (unpaired) electrons. The number of aromatic nitrogens is 2. The molecule has 0 aliphatic rings. The molecule has 0 aliphatic carbocycles. The van der Waals surface area contributed by atoms with Gasteiger partial charge in [0.15, 0.2) is 4.34 Å². The lowest BCUT2D eigenvalue weighted by atomic mass is 10.2. The molecule has 1 aromatic heterocycles. The highest BCUT2D eigenvalue weighted by Crippen LogP contribution is 2.31. The van der Waals surface area contributed by atoms with Crippen LogP contribution in [0.15, 0.2) is 52.9 Å². The normalized spacial score (nSPS) is 10.3. The van der Waals surface area contributed by atoms with Gasteiger partial charge in [0.2, 0.25) is 11.0 Å². The summed E-state index contributed by atoms with van der Waals surface area (Å²) < 4.78 is 0.667. The van der Waals surface area contributed by atoms with Gasteiger partial charge in [-0.3, -0.25) is 9.69 Å². The van der Waals surface area contributed by atoms with Crippen molar-refractivity contribution in [2.75, 3.05) is 22.5 Å². The van der Waals surface area contributed by atoms with Crippen molar-refractivity contribution in [2.45, 2.75) is 11.3 Å². The molecule has 142 valence electrons. The molecule has 1 N–H and O–H groups in total. The molecule has 0 atom stereocenters. The Labute approximate surface area is 176 Å². The first-order chi connectivity index (χ1) is 13.6. The van der Waals surface area contributed by atoms with E-state index in [0.717, 1.165) is 11.3 Å².